The highest BCUT2D eigenvalue weighted by Crippen LogP contribution is 2.29. The zero-order valence-corrected chi connectivity index (χ0v) is 16.6. The number of hydrogen-bond acceptors (Lipinski definition) is 8. The molecule has 5 unspecified atom stereocenters. The number of esters is 2. The minimum Gasteiger partial charge on any atom is -0.505 e. The third kappa shape index (κ3) is 4.38. The first-order valence-electron chi connectivity index (χ1n) is 9.69. The average molecular weight is 420 g/mol. The van der Waals surface area contributed by atoms with Crippen molar-refractivity contribution in [2.24, 2.45) is 5.92 Å². The highest BCUT2D eigenvalue weighted by atomic mass is 16.6. The molecule has 30 heavy (non-hydrogen) atoms. The van der Waals surface area contributed by atoms with Crippen molar-refractivity contribution in [2.45, 2.75) is 51.0 Å². The Hall–Kier alpha value is -3.14. The molecule has 5 atom stereocenters. The molecule has 1 aromatic carbocycles. The van der Waals surface area contributed by atoms with Gasteiger partial charge < -0.3 is 30.0 Å². The lowest BCUT2D eigenvalue weighted by molar-refractivity contribution is -0.170. The number of hydrogen-bond donors (Lipinski definition) is 3. The van der Waals surface area contributed by atoms with Gasteiger partial charge in [-0.05, 0) is 38.8 Å². The first kappa shape index (κ1) is 21.6. The summed E-state index contributed by atoms with van der Waals surface area (Å²) in [6, 6.07) is 2.88. The summed E-state index contributed by atoms with van der Waals surface area (Å²) >= 11 is 0. The van der Waals surface area contributed by atoms with Crippen molar-refractivity contribution in [1.29, 1.82) is 0 Å². The van der Waals surface area contributed by atoms with Crippen LogP contribution in [-0.4, -0.2) is 60.3 Å². The van der Waals surface area contributed by atoms with Crippen LogP contribution in [0, 0.1) is 5.92 Å². The number of fused-ring (bicyclic) bond motifs is 1. The van der Waals surface area contributed by atoms with Crippen molar-refractivity contribution in [3.8, 4) is 5.75 Å². The summed E-state index contributed by atoms with van der Waals surface area (Å²) in [4.78, 5) is 48.7. The van der Waals surface area contributed by atoms with E-state index in [1.165, 1.54) is 25.1 Å². The van der Waals surface area contributed by atoms with E-state index in [4.69, 9.17) is 14.2 Å². The predicted octanol–water partition coefficient (Wildman–Crippen LogP) is 0.731. The number of phenols is 1. The van der Waals surface area contributed by atoms with Gasteiger partial charge in [-0.1, -0.05) is 6.07 Å². The fourth-order valence-corrected chi connectivity index (χ4v) is 3.67. The molecule has 1 aromatic rings. The Morgan fingerprint density at radius 2 is 1.90 bits per heavy atom. The van der Waals surface area contributed by atoms with Crippen molar-refractivity contribution in [1.82, 2.24) is 5.32 Å². The summed E-state index contributed by atoms with van der Waals surface area (Å²) in [5.41, 5.74) is -0.137. The molecule has 0 aliphatic carbocycles. The number of cyclic esters (lactones) is 2. The van der Waals surface area contributed by atoms with Gasteiger partial charge in [0.1, 0.15) is 18.3 Å². The first-order valence-corrected chi connectivity index (χ1v) is 9.69. The molecule has 2 fully saturated rings. The summed E-state index contributed by atoms with van der Waals surface area (Å²) in [5.74, 6) is -3.12. The summed E-state index contributed by atoms with van der Waals surface area (Å²) < 4.78 is 16.6. The monoisotopic (exact) mass is 420 g/mol. The number of amides is 2. The smallest absolute Gasteiger partial charge is 0.332 e. The molecule has 2 amide bonds. The molecule has 10 nitrogen and oxygen atoms in total. The molecule has 3 rings (SSSR count). The van der Waals surface area contributed by atoms with Crippen LogP contribution in [0.1, 0.15) is 37.0 Å². The largest absolute Gasteiger partial charge is 0.505 e. The van der Waals surface area contributed by atoms with Gasteiger partial charge in [-0.3, -0.25) is 14.4 Å². The van der Waals surface area contributed by atoms with E-state index in [0.29, 0.717) is 25.9 Å². The van der Waals surface area contributed by atoms with Crippen molar-refractivity contribution >= 4 is 29.9 Å². The van der Waals surface area contributed by atoms with Crippen LogP contribution in [0.3, 0.4) is 0 Å². The number of anilines is 1. The van der Waals surface area contributed by atoms with Gasteiger partial charge in [0.25, 0.3) is 5.91 Å². The van der Waals surface area contributed by atoms with Crippen LogP contribution in [0.5, 0.6) is 5.75 Å². The minimum atomic E-state index is -1.30. The van der Waals surface area contributed by atoms with Crippen LogP contribution in [0.15, 0.2) is 18.2 Å². The summed E-state index contributed by atoms with van der Waals surface area (Å²) in [7, 11) is 0. The van der Waals surface area contributed by atoms with E-state index in [0.717, 1.165) is 0 Å². The number of para-hydroxylation sites is 1. The van der Waals surface area contributed by atoms with E-state index in [9.17, 15) is 24.3 Å². The Morgan fingerprint density at radius 1 is 1.17 bits per heavy atom. The second-order valence-corrected chi connectivity index (χ2v) is 7.28. The third-order valence-corrected chi connectivity index (χ3v) is 5.24. The lowest BCUT2D eigenvalue weighted by atomic mass is 9.91. The second-order valence-electron chi connectivity index (χ2n) is 7.28. The van der Waals surface area contributed by atoms with Gasteiger partial charge in [0.05, 0.1) is 17.2 Å². The van der Waals surface area contributed by atoms with Crippen molar-refractivity contribution in [3.63, 3.8) is 0 Å². The molecule has 0 spiro atoms. The second kappa shape index (κ2) is 9.12. The third-order valence-electron chi connectivity index (χ3n) is 5.24. The number of ether oxygens (including phenoxy) is 3. The maximum atomic E-state index is 12.7. The van der Waals surface area contributed by atoms with E-state index < -0.39 is 53.9 Å². The van der Waals surface area contributed by atoms with Gasteiger partial charge in [0.15, 0.2) is 11.8 Å². The Kier molecular flexibility index (Phi) is 6.56. The van der Waals surface area contributed by atoms with E-state index in [2.05, 4.69) is 10.6 Å². The number of benzene rings is 1. The van der Waals surface area contributed by atoms with Crippen molar-refractivity contribution in [3.05, 3.63) is 23.8 Å². The lowest BCUT2D eigenvalue weighted by Gasteiger charge is -2.32. The van der Waals surface area contributed by atoms with Crippen LogP contribution < -0.4 is 10.6 Å². The topological polar surface area (TPSA) is 140 Å². The molecule has 10 heteroatoms. The van der Waals surface area contributed by atoms with Crippen molar-refractivity contribution < 1.29 is 38.5 Å². The van der Waals surface area contributed by atoms with Gasteiger partial charge in [-0.15, -0.1) is 0 Å². The molecule has 0 bridgehead atoms. The predicted molar refractivity (Wildman–Crippen MR) is 103 cm³/mol. The molecule has 0 aromatic heterocycles. The number of carbonyl (C=O) groups excluding carboxylic acids is 4. The van der Waals surface area contributed by atoms with E-state index >= 15 is 0 Å². The zero-order chi connectivity index (χ0) is 21.8. The summed E-state index contributed by atoms with van der Waals surface area (Å²) in [5, 5.41) is 14.9. The fourth-order valence-electron chi connectivity index (χ4n) is 3.67. The quantitative estimate of drug-likeness (QED) is 0.368. The van der Waals surface area contributed by atoms with Crippen LogP contribution in [0.4, 0.5) is 5.69 Å². The Morgan fingerprint density at radius 3 is 2.63 bits per heavy atom. The van der Waals surface area contributed by atoms with E-state index in [1.54, 1.807) is 6.92 Å². The molecule has 2 aliphatic rings. The van der Waals surface area contributed by atoms with E-state index in [1.807, 2.05) is 0 Å². The van der Waals surface area contributed by atoms with Gasteiger partial charge in [-0.25, -0.2) is 4.79 Å². The molecular formula is C20H24N2O8. The number of aromatic hydroxyl groups is 1. The molecule has 2 aliphatic heterocycles. The number of nitrogens with one attached hydrogen (secondary N) is 2. The average Bonchev–Trinajstić information content (AvgIpc) is 2.75. The molecule has 0 saturated carbocycles. The maximum Gasteiger partial charge on any atom is 0.332 e. The Labute approximate surface area is 172 Å². The Balaban J connectivity index is 1.83. The highest BCUT2D eigenvalue weighted by molar-refractivity contribution is 6.01. The van der Waals surface area contributed by atoms with E-state index in [-0.39, 0.29) is 11.3 Å². The highest BCUT2D eigenvalue weighted by Gasteiger charge is 2.43. The van der Waals surface area contributed by atoms with Crippen LogP contribution >= 0.6 is 0 Å². The van der Waals surface area contributed by atoms with Gasteiger partial charge >= 0.3 is 11.9 Å². The molecular weight excluding hydrogens is 396 g/mol. The molecule has 162 valence electrons. The number of rotatable bonds is 4. The van der Waals surface area contributed by atoms with Gasteiger partial charge in [-0.2, -0.15) is 0 Å². The van der Waals surface area contributed by atoms with Crippen LogP contribution in [0.2, 0.25) is 0 Å². The number of carbonyl (C=O) groups is 4. The summed E-state index contributed by atoms with van der Waals surface area (Å²) in [6.45, 7) is 3.56. The molecule has 3 N–H and O–H groups in total. The maximum absolute atomic E-state index is 12.7. The molecule has 0 radical (unpaired) electrons. The van der Waals surface area contributed by atoms with Gasteiger partial charge in [0, 0.05) is 6.61 Å². The Bertz CT molecular complexity index is 842. The standard InChI is InChI=1S/C20H24N2O8/c1-10-15(22-18(25)12-5-3-7-14(16(12)24)21-9-23)20(27)30-11(2)17-13(19(26)29-10)6-4-8-28-17/h3,5,7,9-11,13,15,17,24H,4,6,8H2,1-2H3,(H,21,23)(H,22,25). The fraction of sp³-hybridized carbons (Fsp3) is 0.500. The van der Waals surface area contributed by atoms with Crippen LogP contribution in [-0.2, 0) is 28.6 Å². The lowest BCUT2D eigenvalue weighted by Crippen LogP contribution is -2.50. The van der Waals surface area contributed by atoms with Crippen molar-refractivity contribution in [2.75, 3.05) is 11.9 Å². The van der Waals surface area contributed by atoms with Gasteiger partial charge in [0.2, 0.25) is 6.41 Å². The zero-order valence-electron chi connectivity index (χ0n) is 16.6. The minimum absolute atomic E-state index is 0.0315. The molecule has 2 saturated heterocycles. The number of phenolic OH excluding ortho intramolecular Hbond substituents is 1. The summed E-state index contributed by atoms with van der Waals surface area (Å²) in [6.07, 6.45) is -0.743. The first-order chi connectivity index (χ1) is 14.3. The SMILES string of the molecule is CC1OC(=O)C2CCCOC2C(C)OC(=O)C1NC(=O)c1cccc(NC=O)c1O. The normalized spacial score (nSPS) is 29.2. The molecule has 2 heterocycles. The van der Waals surface area contributed by atoms with Crippen LogP contribution in [0.25, 0.3) is 0 Å².